The van der Waals surface area contributed by atoms with Crippen molar-refractivity contribution in [2.45, 2.75) is 89.8 Å². The highest BCUT2D eigenvalue weighted by atomic mass is 32.2. The average molecular weight is 610 g/mol. The van der Waals surface area contributed by atoms with Crippen molar-refractivity contribution < 1.29 is 18.0 Å². The minimum atomic E-state index is -4.25. The first-order chi connectivity index (χ1) is 20.2. The first-order valence-corrected chi connectivity index (χ1v) is 16.6. The van der Waals surface area contributed by atoms with Crippen molar-refractivity contribution in [2.75, 3.05) is 34.8 Å². The average Bonchev–Trinajstić information content (AvgIpc) is 3.45. The number of anilines is 3. The van der Waals surface area contributed by atoms with Crippen molar-refractivity contribution in [3.63, 3.8) is 0 Å². The van der Waals surface area contributed by atoms with Gasteiger partial charge in [-0.3, -0.25) is 19.5 Å². The molecule has 2 aromatic rings. The first-order valence-electron chi connectivity index (χ1n) is 15.1. The van der Waals surface area contributed by atoms with Gasteiger partial charge >= 0.3 is 0 Å². The lowest BCUT2D eigenvalue weighted by Crippen LogP contribution is -2.41. The van der Waals surface area contributed by atoms with Gasteiger partial charge < -0.3 is 10.2 Å². The SMILES string of the molecule is CC(C)(C)CCC=NC1CCN(c2ccc3c(n2)N2C[C@@H](CCCNc4cccc(n4)S(=O)(=O)NC3=O)CC2(C)C)C1=O. The lowest BCUT2D eigenvalue weighted by atomic mass is 9.91. The van der Waals surface area contributed by atoms with E-state index in [1.807, 2.05) is 6.21 Å². The highest BCUT2D eigenvalue weighted by Gasteiger charge is 2.41. The van der Waals surface area contributed by atoms with Crippen molar-refractivity contribution in [1.82, 2.24) is 14.7 Å². The highest BCUT2D eigenvalue weighted by Crippen LogP contribution is 2.40. The third-order valence-corrected chi connectivity index (χ3v) is 9.64. The number of aromatic nitrogens is 2. The fraction of sp³-hybridized carbons (Fsp3) is 0.581. The van der Waals surface area contributed by atoms with Crippen molar-refractivity contribution in [1.29, 1.82) is 0 Å². The second-order valence-corrected chi connectivity index (χ2v) is 15.3. The number of amides is 2. The zero-order valence-electron chi connectivity index (χ0n) is 25.8. The number of nitrogens with zero attached hydrogens (tertiary/aromatic N) is 5. The van der Waals surface area contributed by atoms with Crippen molar-refractivity contribution in [3.8, 4) is 0 Å². The molecule has 2 aromatic heterocycles. The van der Waals surface area contributed by atoms with Gasteiger partial charge in [0.05, 0.1) is 5.56 Å². The third kappa shape index (κ3) is 7.00. The quantitative estimate of drug-likeness (QED) is 0.487. The standard InChI is InChI=1S/C31H43N7O4S/c1-30(2,3)15-8-17-32-23-14-18-37(29(23)40)25-13-12-22-27(35-25)38-20-21(19-31(38,4)5)9-7-16-33-24-10-6-11-26(34-24)43(41,42)36-28(22)39/h6,10-13,17,21,23H,7-9,14-16,18-20H2,1-5H3,(H,33,34)(H,36,39)/t21-,23?/m0/s1. The Labute approximate surface area is 254 Å². The van der Waals surface area contributed by atoms with E-state index in [-0.39, 0.29) is 27.5 Å². The molecular weight excluding hydrogens is 566 g/mol. The van der Waals surface area contributed by atoms with Crippen LogP contribution in [-0.2, 0) is 14.8 Å². The Morgan fingerprint density at radius 2 is 1.91 bits per heavy atom. The molecule has 2 fully saturated rings. The molecule has 11 nitrogen and oxygen atoms in total. The van der Waals surface area contributed by atoms with Gasteiger partial charge in [0.15, 0.2) is 5.03 Å². The van der Waals surface area contributed by atoms with Crippen LogP contribution in [0.1, 0.15) is 83.5 Å². The van der Waals surface area contributed by atoms with Crippen LogP contribution in [0, 0.1) is 11.3 Å². The van der Waals surface area contributed by atoms with Gasteiger partial charge in [-0.05, 0) is 94.2 Å². The molecule has 1 unspecified atom stereocenters. The monoisotopic (exact) mass is 609 g/mol. The summed E-state index contributed by atoms with van der Waals surface area (Å²) in [6.07, 6.45) is 6.95. The van der Waals surface area contributed by atoms with Crippen molar-refractivity contribution in [3.05, 3.63) is 35.9 Å². The molecule has 5 heterocycles. The van der Waals surface area contributed by atoms with Gasteiger partial charge in [0.1, 0.15) is 23.5 Å². The number of sulfonamides is 1. The minimum Gasteiger partial charge on any atom is -0.370 e. The van der Waals surface area contributed by atoms with Crippen LogP contribution in [-0.4, -0.2) is 67.6 Å². The number of carbonyl (C=O) groups excluding carboxylic acids is 2. The van der Waals surface area contributed by atoms with Crippen LogP contribution in [0.25, 0.3) is 0 Å². The summed E-state index contributed by atoms with van der Waals surface area (Å²) in [6, 6.07) is 7.39. The van der Waals surface area contributed by atoms with Crippen LogP contribution in [0.2, 0.25) is 0 Å². The molecule has 4 bridgehead atoms. The van der Waals surface area contributed by atoms with E-state index >= 15 is 0 Å². The summed E-state index contributed by atoms with van der Waals surface area (Å²) in [7, 11) is -4.25. The van der Waals surface area contributed by atoms with Crippen LogP contribution in [0.5, 0.6) is 0 Å². The summed E-state index contributed by atoms with van der Waals surface area (Å²) in [5, 5.41) is 2.96. The van der Waals surface area contributed by atoms with Crippen LogP contribution in [0.4, 0.5) is 17.5 Å². The van der Waals surface area contributed by atoms with E-state index in [9.17, 15) is 18.0 Å². The van der Waals surface area contributed by atoms with E-state index in [2.05, 4.69) is 59.5 Å². The molecule has 2 atom stereocenters. The number of nitrogens with one attached hydrogen (secondary N) is 2. The van der Waals surface area contributed by atoms with Crippen LogP contribution in [0.3, 0.4) is 0 Å². The van der Waals surface area contributed by atoms with Crippen LogP contribution >= 0.6 is 0 Å². The molecule has 5 rings (SSSR count). The summed E-state index contributed by atoms with van der Waals surface area (Å²) in [5.41, 5.74) is -0.00904. The van der Waals surface area contributed by atoms with E-state index < -0.39 is 22.0 Å². The second-order valence-electron chi connectivity index (χ2n) is 13.6. The number of rotatable bonds is 4. The maximum Gasteiger partial charge on any atom is 0.281 e. The van der Waals surface area contributed by atoms with Gasteiger partial charge in [0.2, 0.25) is 0 Å². The van der Waals surface area contributed by atoms with Crippen molar-refractivity contribution >= 4 is 45.5 Å². The fourth-order valence-electron chi connectivity index (χ4n) is 6.15. The Kier molecular flexibility index (Phi) is 8.52. The van der Waals surface area contributed by atoms with E-state index in [0.717, 1.165) is 32.1 Å². The van der Waals surface area contributed by atoms with Gasteiger partial charge in [0.25, 0.3) is 21.8 Å². The van der Waals surface area contributed by atoms with Gasteiger partial charge in [-0.1, -0.05) is 26.8 Å². The largest absolute Gasteiger partial charge is 0.370 e. The van der Waals surface area contributed by atoms with Crippen LogP contribution in [0.15, 0.2) is 40.4 Å². The van der Waals surface area contributed by atoms with E-state index in [4.69, 9.17) is 4.98 Å². The molecular formula is C31H43N7O4S. The number of hydrogen-bond donors (Lipinski definition) is 2. The van der Waals surface area contributed by atoms with Gasteiger partial charge in [-0.2, -0.15) is 8.42 Å². The summed E-state index contributed by atoms with van der Waals surface area (Å²) < 4.78 is 28.6. The predicted octanol–water partition coefficient (Wildman–Crippen LogP) is 4.41. The molecule has 43 heavy (non-hydrogen) atoms. The summed E-state index contributed by atoms with van der Waals surface area (Å²) in [6.45, 7) is 12.5. The molecule has 2 amide bonds. The molecule has 0 radical (unpaired) electrons. The molecule has 0 saturated carbocycles. The maximum absolute atomic E-state index is 13.6. The van der Waals surface area contributed by atoms with E-state index in [1.54, 1.807) is 29.2 Å². The summed E-state index contributed by atoms with van der Waals surface area (Å²) in [5.74, 6) is 0.682. The Bertz CT molecular complexity index is 1520. The lowest BCUT2D eigenvalue weighted by molar-refractivity contribution is -0.118. The molecule has 0 spiro atoms. The maximum atomic E-state index is 13.6. The molecule has 12 heteroatoms. The molecule has 0 aliphatic carbocycles. The van der Waals surface area contributed by atoms with Gasteiger partial charge in [0, 0.05) is 25.2 Å². The van der Waals surface area contributed by atoms with E-state index in [0.29, 0.717) is 49.4 Å². The number of pyridine rings is 2. The molecule has 0 aromatic carbocycles. The lowest BCUT2D eigenvalue weighted by Gasteiger charge is -2.34. The van der Waals surface area contributed by atoms with Gasteiger partial charge in [-0.25, -0.2) is 14.7 Å². The highest BCUT2D eigenvalue weighted by molar-refractivity contribution is 7.90. The second kappa shape index (κ2) is 11.9. The summed E-state index contributed by atoms with van der Waals surface area (Å²) >= 11 is 0. The third-order valence-electron chi connectivity index (χ3n) is 8.40. The molecule has 3 aliphatic rings. The van der Waals surface area contributed by atoms with Gasteiger partial charge in [-0.15, -0.1) is 0 Å². The van der Waals surface area contributed by atoms with Crippen molar-refractivity contribution in [2.24, 2.45) is 16.3 Å². The summed E-state index contributed by atoms with van der Waals surface area (Å²) in [4.78, 5) is 44.4. The molecule has 2 saturated heterocycles. The number of aliphatic imine (C=N–C) groups is 1. The topological polar surface area (TPSA) is 137 Å². The number of hydrogen-bond acceptors (Lipinski definition) is 9. The molecule has 2 N–H and O–H groups in total. The molecule has 232 valence electrons. The number of carbonyl (C=O) groups is 2. The Morgan fingerprint density at radius 1 is 1.12 bits per heavy atom. The minimum absolute atomic E-state index is 0.124. The van der Waals surface area contributed by atoms with Crippen LogP contribution < -0.4 is 19.8 Å². The predicted molar refractivity (Wildman–Crippen MR) is 168 cm³/mol. The number of fused-ring (bicyclic) bond motifs is 6. The fourth-order valence-corrected chi connectivity index (χ4v) is 7.09. The zero-order chi connectivity index (χ0) is 31.0. The smallest absolute Gasteiger partial charge is 0.281 e. The zero-order valence-corrected chi connectivity index (χ0v) is 26.6. The first kappa shape index (κ1) is 30.9. The Balaban J connectivity index is 1.47. The molecule has 3 aliphatic heterocycles. The Hall–Kier alpha value is -3.54. The van der Waals surface area contributed by atoms with E-state index in [1.165, 1.54) is 6.07 Å². The Morgan fingerprint density at radius 3 is 2.67 bits per heavy atom. The normalized spacial score (nSPS) is 23.8.